The number of aryl methyl sites for hydroxylation is 3. The Morgan fingerprint density at radius 1 is 0.882 bits per heavy atom. The zero-order valence-electron chi connectivity index (χ0n) is 21.4. The van der Waals surface area contributed by atoms with Gasteiger partial charge in [-0.3, -0.25) is 4.79 Å². The predicted octanol–water partition coefficient (Wildman–Crippen LogP) is 7.70. The van der Waals surface area contributed by atoms with Crippen molar-refractivity contribution in [3.8, 4) is 0 Å². The number of hydrogen-bond acceptors (Lipinski definition) is 2. The van der Waals surface area contributed by atoms with Gasteiger partial charge in [0, 0.05) is 31.1 Å². The summed E-state index contributed by atoms with van der Waals surface area (Å²) >= 11 is 0. The molecule has 34 heavy (non-hydrogen) atoms. The number of carbonyl (C=O) groups is 1. The number of para-hydroxylation sites is 2. The molecule has 1 saturated heterocycles. The van der Waals surface area contributed by atoms with E-state index in [0.717, 1.165) is 23.6 Å². The van der Waals surface area contributed by atoms with E-state index < -0.39 is 0 Å². The Morgan fingerprint density at radius 2 is 1.59 bits per heavy atom. The molecule has 0 bridgehead atoms. The average Bonchev–Trinajstić information content (AvgIpc) is 3.40. The molecule has 2 aromatic carbocycles. The van der Waals surface area contributed by atoms with Crippen LogP contribution in [0.2, 0.25) is 0 Å². The van der Waals surface area contributed by atoms with E-state index in [1.165, 1.54) is 74.4 Å². The maximum Gasteiger partial charge on any atom is 0.227 e. The fraction of sp³-hybridized carbons (Fsp3) is 0.533. The Kier molecular flexibility index (Phi) is 8.42. The highest BCUT2D eigenvalue weighted by Gasteiger charge is 2.34. The lowest BCUT2D eigenvalue weighted by Gasteiger charge is -2.18. The molecule has 1 aliphatic heterocycles. The van der Waals surface area contributed by atoms with Gasteiger partial charge in [0.05, 0.1) is 11.0 Å². The minimum atomic E-state index is 0.139. The highest BCUT2D eigenvalue weighted by atomic mass is 16.2. The van der Waals surface area contributed by atoms with Crippen LogP contribution in [0.25, 0.3) is 11.0 Å². The van der Waals surface area contributed by atoms with Crippen molar-refractivity contribution in [1.29, 1.82) is 0 Å². The van der Waals surface area contributed by atoms with Crippen LogP contribution in [0.1, 0.15) is 94.0 Å². The molecule has 2 heterocycles. The van der Waals surface area contributed by atoms with Gasteiger partial charge >= 0.3 is 0 Å². The molecule has 0 aliphatic carbocycles. The minimum Gasteiger partial charge on any atom is -0.328 e. The standard InChI is InChI=1S/C30H41N3O/c1-4-5-6-7-8-9-10-11-14-19-32-28-16-13-12-15-27(28)31-30(32)25-21-29(34)33(22-25)26-18-17-23(2)24(3)20-26/h12-13,15-18,20,25H,4-11,14,19,21-22H2,1-3H3. The first-order chi connectivity index (χ1) is 16.6. The molecule has 0 N–H and O–H groups in total. The third-order valence-corrected chi connectivity index (χ3v) is 7.46. The lowest BCUT2D eigenvalue weighted by atomic mass is 10.1. The molecular weight excluding hydrogens is 418 g/mol. The molecular formula is C30H41N3O. The number of benzene rings is 2. The first-order valence-corrected chi connectivity index (χ1v) is 13.4. The fourth-order valence-electron chi connectivity index (χ4n) is 5.24. The summed E-state index contributed by atoms with van der Waals surface area (Å²) in [5.41, 5.74) is 5.75. The molecule has 1 aromatic heterocycles. The number of hydrogen-bond donors (Lipinski definition) is 0. The Bertz CT molecular complexity index is 1100. The third kappa shape index (κ3) is 5.71. The number of aromatic nitrogens is 2. The van der Waals surface area contributed by atoms with Crippen LogP contribution < -0.4 is 4.90 Å². The summed E-state index contributed by atoms with van der Waals surface area (Å²) in [4.78, 5) is 20.0. The summed E-state index contributed by atoms with van der Waals surface area (Å²) in [5, 5.41) is 0. The molecule has 4 heteroatoms. The molecule has 1 fully saturated rings. The van der Waals surface area contributed by atoms with Gasteiger partial charge in [-0.2, -0.15) is 0 Å². The van der Waals surface area contributed by atoms with Crippen LogP contribution >= 0.6 is 0 Å². The quantitative estimate of drug-likeness (QED) is 0.260. The van der Waals surface area contributed by atoms with Gasteiger partial charge in [-0.15, -0.1) is 0 Å². The van der Waals surface area contributed by atoms with E-state index in [4.69, 9.17) is 4.98 Å². The van der Waals surface area contributed by atoms with E-state index in [-0.39, 0.29) is 11.8 Å². The Balaban J connectivity index is 1.42. The van der Waals surface area contributed by atoms with Crippen LogP contribution in [0.4, 0.5) is 5.69 Å². The highest BCUT2D eigenvalue weighted by molar-refractivity contribution is 5.96. The number of imidazole rings is 1. The minimum absolute atomic E-state index is 0.139. The summed E-state index contributed by atoms with van der Waals surface area (Å²) in [6, 6.07) is 14.8. The van der Waals surface area contributed by atoms with E-state index in [9.17, 15) is 4.79 Å². The summed E-state index contributed by atoms with van der Waals surface area (Å²) in [7, 11) is 0. The normalized spacial score (nSPS) is 16.1. The van der Waals surface area contributed by atoms with Gasteiger partial charge in [0.25, 0.3) is 0 Å². The van der Waals surface area contributed by atoms with Crippen LogP contribution in [0.5, 0.6) is 0 Å². The van der Waals surface area contributed by atoms with Gasteiger partial charge in [-0.05, 0) is 55.7 Å². The zero-order valence-corrected chi connectivity index (χ0v) is 21.4. The van der Waals surface area contributed by atoms with E-state index in [2.05, 4.69) is 67.8 Å². The molecule has 1 unspecified atom stereocenters. The number of amides is 1. The van der Waals surface area contributed by atoms with Crippen LogP contribution in [0, 0.1) is 13.8 Å². The van der Waals surface area contributed by atoms with Crippen molar-refractivity contribution in [2.45, 2.75) is 97.4 Å². The lowest BCUT2D eigenvalue weighted by molar-refractivity contribution is -0.117. The average molecular weight is 460 g/mol. The monoisotopic (exact) mass is 459 g/mol. The summed E-state index contributed by atoms with van der Waals surface area (Å²) in [5.74, 6) is 1.43. The van der Waals surface area contributed by atoms with Gasteiger partial charge in [-0.25, -0.2) is 4.98 Å². The van der Waals surface area contributed by atoms with Gasteiger partial charge < -0.3 is 9.47 Å². The molecule has 3 aromatic rings. The molecule has 1 atom stereocenters. The van der Waals surface area contributed by atoms with E-state index in [1.54, 1.807) is 0 Å². The molecule has 1 aliphatic rings. The molecule has 4 rings (SSSR count). The molecule has 4 nitrogen and oxygen atoms in total. The van der Waals surface area contributed by atoms with Crippen LogP contribution in [-0.2, 0) is 11.3 Å². The maximum atomic E-state index is 13.0. The topological polar surface area (TPSA) is 38.1 Å². The fourth-order valence-corrected chi connectivity index (χ4v) is 5.24. The van der Waals surface area contributed by atoms with Crippen molar-refractivity contribution in [2.75, 3.05) is 11.4 Å². The van der Waals surface area contributed by atoms with Crippen molar-refractivity contribution in [2.24, 2.45) is 0 Å². The molecule has 182 valence electrons. The Labute approximate surface area is 205 Å². The number of carbonyl (C=O) groups excluding carboxylic acids is 1. The van der Waals surface area contributed by atoms with Crippen molar-refractivity contribution in [3.05, 3.63) is 59.4 Å². The first kappa shape index (κ1) is 24.5. The smallest absolute Gasteiger partial charge is 0.227 e. The van der Waals surface area contributed by atoms with E-state index in [0.29, 0.717) is 13.0 Å². The number of fused-ring (bicyclic) bond motifs is 1. The lowest BCUT2D eigenvalue weighted by Crippen LogP contribution is -2.24. The largest absolute Gasteiger partial charge is 0.328 e. The van der Waals surface area contributed by atoms with Crippen LogP contribution in [-0.4, -0.2) is 22.0 Å². The summed E-state index contributed by atoms with van der Waals surface area (Å²) in [6.45, 7) is 8.20. The van der Waals surface area contributed by atoms with E-state index >= 15 is 0 Å². The van der Waals surface area contributed by atoms with Crippen molar-refractivity contribution >= 4 is 22.6 Å². The number of rotatable bonds is 12. The van der Waals surface area contributed by atoms with E-state index in [1.807, 2.05) is 4.90 Å². The maximum absolute atomic E-state index is 13.0. The predicted molar refractivity (Wildman–Crippen MR) is 143 cm³/mol. The van der Waals surface area contributed by atoms with Crippen LogP contribution in [0.3, 0.4) is 0 Å². The van der Waals surface area contributed by atoms with Gasteiger partial charge in [-0.1, -0.05) is 76.5 Å². The molecule has 0 spiro atoms. The Hall–Kier alpha value is -2.62. The number of nitrogens with zero attached hydrogens (tertiary/aromatic N) is 3. The second-order valence-corrected chi connectivity index (χ2v) is 10.1. The molecule has 0 saturated carbocycles. The van der Waals surface area contributed by atoms with Gasteiger partial charge in [0.2, 0.25) is 5.91 Å². The second-order valence-electron chi connectivity index (χ2n) is 10.1. The van der Waals surface area contributed by atoms with Gasteiger partial charge in [0.15, 0.2) is 0 Å². The molecule has 1 amide bonds. The SMILES string of the molecule is CCCCCCCCCCCn1c(C2CC(=O)N(c3ccc(C)c(C)c3)C2)nc2ccccc21. The zero-order chi connectivity index (χ0) is 23.9. The number of anilines is 1. The highest BCUT2D eigenvalue weighted by Crippen LogP contribution is 2.34. The number of unbranched alkanes of at least 4 members (excludes halogenated alkanes) is 8. The summed E-state index contributed by atoms with van der Waals surface area (Å²) in [6.07, 6.45) is 12.5. The van der Waals surface area contributed by atoms with Crippen LogP contribution in [0.15, 0.2) is 42.5 Å². The van der Waals surface area contributed by atoms with Crippen molar-refractivity contribution in [1.82, 2.24) is 9.55 Å². The summed E-state index contributed by atoms with van der Waals surface area (Å²) < 4.78 is 2.40. The van der Waals surface area contributed by atoms with Gasteiger partial charge in [0.1, 0.15) is 5.82 Å². The van der Waals surface area contributed by atoms with Crippen molar-refractivity contribution < 1.29 is 4.79 Å². The Morgan fingerprint density at radius 3 is 2.32 bits per heavy atom. The van der Waals surface area contributed by atoms with Crippen molar-refractivity contribution in [3.63, 3.8) is 0 Å². The second kappa shape index (κ2) is 11.7. The third-order valence-electron chi connectivity index (χ3n) is 7.46. The molecule has 0 radical (unpaired) electrons. The first-order valence-electron chi connectivity index (χ1n) is 13.4.